The second-order valence-electron chi connectivity index (χ2n) is 13.8. The van der Waals surface area contributed by atoms with E-state index in [-0.39, 0.29) is 81.2 Å². The second kappa shape index (κ2) is 17.6. The Morgan fingerprint density at radius 1 is 0.925 bits per heavy atom. The van der Waals surface area contributed by atoms with Gasteiger partial charge >= 0.3 is 12.1 Å². The number of piperazine rings is 1. The minimum absolute atomic E-state index is 0.0728. The van der Waals surface area contributed by atoms with Gasteiger partial charge in [-0.15, -0.1) is 0 Å². The summed E-state index contributed by atoms with van der Waals surface area (Å²) in [4.78, 5) is 82.0. The minimum Gasteiger partial charge on any atom is -0.467 e. The van der Waals surface area contributed by atoms with Crippen LogP contribution in [0.3, 0.4) is 0 Å². The molecule has 2 aromatic rings. The molecule has 5 amide bonds. The monoisotopic (exact) mass is 737 g/mol. The number of carboxylic acid groups (broad SMARTS) is 1. The summed E-state index contributed by atoms with van der Waals surface area (Å²) in [5, 5.41) is 19.6. The molecule has 4 heterocycles. The van der Waals surface area contributed by atoms with Crippen molar-refractivity contribution in [1.82, 2.24) is 35.1 Å². The molecule has 0 radical (unpaired) electrons. The van der Waals surface area contributed by atoms with Gasteiger partial charge in [-0.25, -0.2) is 9.48 Å². The number of carbonyl (C=O) groups excluding carboxylic acids is 5. The Hall–Kier alpha value is -5.19. The first kappa shape index (κ1) is 37.6. The van der Waals surface area contributed by atoms with Crippen molar-refractivity contribution in [2.24, 2.45) is 0 Å². The molecule has 286 valence electrons. The van der Waals surface area contributed by atoms with Crippen molar-refractivity contribution in [3.8, 4) is 11.6 Å². The average Bonchev–Trinajstić information content (AvgIpc) is 3.95. The number of rotatable bonds is 14. The van der Waals surface area contributed by atoms with Gasteiger partial charge in [-0.05, 0) is 63.5 Å². The van der Waals surface area contributed by atoms with Crippen LogP contribution in [-0.4, -0.2) is 142 Å². The number of nitrogens with zero attached hydrogens (tertiary/aromatic N) is 5. The number of hydrogen-bond acceptors (Lipinski definition) is 10. The van der Waals surface area contributed by atoms with Gasteiger partial charge in [-0.3, -0.25) is 24.0 Å². The predicted octanol–water partition coefficient (Wildman–Crippen LogP) is 1.33. The molecule has 0 bridgehead atoms. The fourth-order valence-electron chi connectivity index (χ4n) is 6.86. The number of amides is 5. The van der Waals surface area contributed by atoms with E-state index in [1.165, 1.54) is 25.4 Å². The van der Waals surface area contributed by atoms with Crippen LogP contribution < -0.4 is 15.4 Å². The van der Waals surface area contributed by atoms with Crippen LogP contribution in [0.2, 0.25) is 0 Å². The molecule has 1 aromatic heterocycles. The number of nitrogens with one attached hydrogen (secondary N) is 2. The van der Waals surface area contributed by atoms with E-state index in [9.17, 15) is 33.9 Å². The van der Waals surface area contributed by atoms with Crippen LogP contribution in [0.25, 0.3) is 5.69 Å². The molecule has 3 saturated heterocycles. The van der Waals surface area contributed by atoms with E-state index >= 15 is 0 Å². The summed E-state index contributed by atoms with van der Waals surface area (Å²) in [5.74, 6) is -2.17. The summed E-state index contributed by atoms with van der Waals surface area (Å²) in [6.45, 7) is 1.20. The molecule has 17 nitrogen and oxygen atoms in total. The van der Waals surface area contributed by atoms with Gasteiger partial charge in [0.2, 0.25) is 17.7 Å². The third-order valence-corrected chi connectivity index (χ3v) is 10.1. The first-order valence-electron chi connectivity index (χ1n) is 18.4. The first-order chi connectivity index (χ1) is 25.7. The molecule has 4 aliphatic rings. The predicted molar refractivity (Wildman–Crippen MR) is 186 cm³/mol. The maximum Gasteiger partial charge on any atom is 0.407 e. The zero-order valence-corrected chi connectivity index (χ0v) is 29.7. The lowest BCUT2D eigenvalue weighted by molar-refractivity contribution is -0.147. The topological polar surface area (TPSA) is 202 Å². The lowest BCUT2D eigenvalue weighted by Gasteiger charge is -2.35. The lowest BCUT2D eigenvalue weighted by atomic mass is 9.93. The van der Waals surface area contributed by atoms with Gasteiger partial charge in [0.25, 0.3) is 11.8 Å². The smallest absolute Gasteiger partial charge is 0.407 e. The fraction of sp³-hybridized carbons (Fsp3) is 0.583. The van der Waals surface area contributed by atoms with E-state index < -0.39 is 42.6 Å². The molecular weight excluding hydrogens is 690 g/mol. The fourth-order valence-corrected chi connectivity index (χ4v) is 6.86. The molecule has 0 spiro atoms. The number of likely N-dealkylation sites (tertiary alicyclic amines) is 1. The van der Waals surface area contributed by atoms with Gasteiger partial charge in [0.15, 0.2) is 12.3 Å². The van der Waals surface area contributed by atoms with E-state index in [1.807, 2.05) is 6.07 Å². The van der Waals surface area contributed by atoms with Crippen LogP contribution in [0.1, 0.15) is 68.3 Å². The number of benzene rings is 1. The Bertz CT molecular complexity index is 1630. The number of aromatic nitrogens is 2. The van der Waals surface area contributed by atoms with Crippen LogP contribution in [0, 0.1) is 0 Å². The molecule has 1 aromatic carbocycles. The molecule has 6 rings (SSSR count). The van der Waals surface area contributed by atoms with E-state index in [0.29, 0.717) is 31.7 Å². The highest BCUT2D eigenvalue weighted by molar-refractivity contribution is 5.96. The van der Waals surface area contributed by atoms with Crippen LogP contribution in [0.5, 0.6) is 5.88 Å². The summed E-state index contributed by atoms with van der Waals surface area (Å²) >= 11 is 0. The van der Waals surface area contributed by atoms with Crippen LogP contribution in [0.15, 0.2) is 36.4 Å². The minimum atomic E-state index is -1.15. The molecule has 3 N–H and O–H groups in total. The third kappa shape index (κ3) is 9.63. The highest BCUT2D eigenvalue weighted by Crippen LogP contribution is 2.24. The summed E-state index contributed by atoms with van der Waals surface area (Å²) in [6, 6.07) is 8.65. The molecule has 53 heavy (non-hydrogen) atoms. The molecule has 4 fully saturated rings. The van der Waals surface area contributed by atoms with Crippen molar-refractivity contribution in [2.75, 3.05) is 52.5 Å². The first-order valence-corrected chi connectivity index (χ1v) is 18.4. The summed E-state index contributed by atoms with van der Waals surface area (Å²) < 4.78 is 18.2. The number of hydrogen-bond donors (Lipinski definition) is 3. The van der Waals surface area contributed by atoms with Crippen molar-refractivity contribution in [3.05, 3.63) is 42.1 Å². The second-order valence-corrected chi connectivity index (χ2v) is 13.8. The Morgan fingerprint density at radius 2 is 1.68 bits per heavy atom. The van der Waals surface area contributed by atoms with Crippen LogP contribution >= 0.6 is 0 Å². The molecule has 1 saturated carbocycles. The van der Waals surface area contributed by atoms with E-state index in [0.717, 1.165) is 32.1 Å². The Labute approximate surface area is 306 Å². The SMILES string of the molecule is O=C(CCC(NC(=O)c1cc(OCC(=O)N2CCCC2C(=O)NC2CCC2)n(-c2ccccc2)n1)C(=O)N1CCN(C(=O)O)CC1)OCC1CCCO1. The molecule has 1 aliphatic carbocycles. The van der Waals surface area contributed by atoms with Crippen molar-refractivity contribution in [1.29, 1.82) is 0 Å². The molecule has 3 atom stereocenters. The Morgan fingerprint density at radius 3 is 2.36 bits per heavy atom. The van der Waals surface area contributed by atoms with Crippen molar-refractivity contribution in [2.45, 2.75) is 82.0 Å². The van der Waals surface area contributed by atoms with Gasteiger partial charge in [0.1, 0.15) is 18.7 Å². The van der Waals surface area contributed by atoms with Gasteiger partial charge in [0, 0.05) is 57.9 Å². The number of carbonyl (C=O) groups is 6. The van der Waals surface area contributed by atoms with Crippen molar-refractivity contribution >= 4 is 35.7 Å². The summed E-state index contributed by atoms with van der Waals surface area (Å²) in [5.41, 5.74) is 0.440. The highest BCUT2D eigenvalue weighted by Gasteiger charge is 2.36. The number of para-hydroxylation sites is 1. The normalized spacial score (nSPS) is 20.7. The standard InChI is InChI=1S/C36H47N7O10/c44-30(42-15-5-12-29(42)34(47)37-24-7-4-8-24)23-52-31-21-28(39-43(31)25-9-2-1-3-10-25)33(46)38-27(13-14-32(45)53-22-26-11-6-20-51-26)35(48)40-16-18-41(19-17-40)36(49)50/h1-3,9-10,21,24,26-27,29H,4-8,11-20,22-23H2,(H,37,47)(H,38,46)(H,49,50). The molecule has 17 heteroatoms. The largest absolute Gasteiger partial charge is 0.467 e. The lowest BCUT2D eigenvalue weighted by Crippen LogP contribution is -2.55. The van der Waals surface area contributed by atoms with E-state index in [1.54, 1.807) is 24.3 Å². The van der Waals surface area contributed by atoms with Gasteiger partial charge in [0.05, 0.1) is 11.8 Å². The zero-order valence-electron chi connectivity index (χ0n) is 29.7. The third-order valence-electron chi connectivity index (χ3n) is 10.1. The van der Waals surface area contributed by atoms with Crippen LogP contribution in [0.4, 0.5) is 4.79 Å². The summed E-state index contributed by atoms with van der Waals surface area (Å²) in [6.07, 6.45) is 4.42. The number of esters is 1. The Balaban J connectivity index is 1.14. The Kier molecular flexibility index (Phi) is 12.4. The van der Waals surface area contributed by atoms with Gasteiger partial charge in [-0.2, -0.15) is 5.10 Å². The molecule has 3 unspecified atom stereocenters. The molecule has 3 aliphatic heterocycles. The maximum atomic E-state index is 13.8. The average molecular weight is 738 g/mol. The highest BCUT2D eigenvalue weighted by atomic mass is 16.6. The van der Waals surface area contributed by atoms with Crippen molar-refractivity contribution in [3.63, 3.8) is 0 Å². The van der Waals surface area contributed by atoms with Crippen molar-refractivity contribution < 1.29 is 48.1 Å². The van der Waals surface area contributed by atoms with Gasteiger partial charge in [-0.1, -0.05) is 18.2 Å². The summed E-state index contributed by atoms with van der Waals surface area (Å²) in [7, 11) is 0. The maximum absolute atomic E-state index is 13.8. The van der Waals surface area contributed by atoms with E-state index in [4.69, 9.17) is 14.2 Å². The molecular formula is C36H47N7O10. The van der Waals surface area contributed by atoms with E-state index in [2.05, 4.69) is 15.7 Å². The zero-order chi connectivity index (χ0) is 37.3. The number of ether oxygens (including phenoxy) is 3. The quantitative estimate of drug-likeness (QED) is 0.236. The van der Waals surface area contributed by atoms with Crippen LogP contribution in [-0.2, 0) is 28.7 Å². The van der Waals surface area contributed by atoms with Gasteiger partial charge < -0.3 is 44.7 Å².